The average molecular weight is 353 g/mol. The van der Waals surface area contributed by atoms with Gasteiger partial charge in [-0.2, -0.15) is 0 Å². The van der Waals surface area contributed by atoms with Crippen molar-refractivity contribution in [3.63, 3.8) is 0 Å². The molecule has 2 aromatic carbocycles. The van der Waals surface area contributed by atoms with Gasteiger partial charge in [0.15, 0.2) is 11.6 Å². The van der Waals surface area contributed by atoms with Gasteiger partial charge in [0, 0.05) is 5.56 Å². The van der Waals surface area contributed by atoms with E-state index in [4.69, 9.17) is 21.1 Å². The first-order chi connectivity index (χ1) is 11.3. The maximum absolute atomic E-state index is 12.5. The molecule has 0 unspecified atom stereocenters. The van der Waals surface area contributed by atoms with Crippen molar-refractivity contribution in [1.29, 1.82) is 0 Å². The molecule has 0 saturated carbocycles. The minimum atomic E-state index is -0.445. The minimum Gasteiger partial charge on any atom is -0.496 e. The third kappa shape index (κ3) is 5.06. The van der Waals surface area contributed by atoms with E-state index in [0.717, 1.165) is 6.07 Å². The Bertz CT molecular complexity index is 722. The van der Waals surface area contributed by atoms with Crippen molar-refractivity contribution in [2.24, 2.45) is 0 Å². The van der Waals surface area contributed by atoms with Gasteiger partial charge in [-0.15, -0.1) is 0 Å². The van der Waals surface area contributed by atoms with Gasteiger partial charge in [-0.05, 0) is 44.2 Å². The summed E-state index contributed by atoms with van der Waals surface area (Å²) < 4.78 is 22.6. The Morgan fingerprint density at radius 2 is 1.50 bits per heavy atom. The van der Waals surface area contributed by atoms with Crippen LogP contribution in [0.2, 0.25) is 5.02 Å². The molecule has 2 rings (SSSR count). The first-order valence-electron chi connectivity index (χ1n) is 6.99. The number of hydrogen-bond donors (Lipinski definition) is 0. The van der Waals surface area contributed by atoms with E-state index >= 15 is 0 Å². The Morgan fingerprint density at radius 3 is 1.88 bits per heavy atom. The Kier molecular flexibility index (Phi) is 7.39. The Hall–Kier alpha value is -2.40. The zero-order valence-electron chi connectivity index (χ0n) is 13.9. The van der Waals surface area contributed by atoms with Gasteiger partial charge in [0.2, 0.25) is 0 Å². The van der Waals surface area contributed by atoms with Gasteiger partial charge in [0.05, 0.1) is 19.2 Å². The average Bonchev–Trinajstić information content (AvgIpc) is 2.56. The van der Waals surface area contributed by atoms with Crippen molar-refractivity contribution < 1.29 is 23.5 Å². The zero-order chi connectivity index (χ0) is 18.3. The van der Waals surface area contributed by atoms with Gasteiger partial charge < -0.3 is 9.47 Å². The van der Waals surface area contributed by atoms with Crippen LogP contribution in [0, 0.1) is 5.82 Å². The summed E-state index contributed by atoms with van der Waals surface area (Å²) in [5.41, 5.74) is 0.721. The van der Waals surface area contributed by atoms with Crippen molar-refractivity contribution in [2.45, 2.75) is 13.8 Å². The lowest BCUT2D eigenvalue weighted by Gasteiger charge is -2.09. The molecule has 0 aliphatic rings. The van der Waals surface area contributed by atoms with Crippen LogP contribution in [0.25, 0.3) is 0 Å². The summed E-state index contributed by atoms with van der Waals surface area (Å²) in [4.78, 5) is 22.0. The Morgan fingerprint density at radius 1 is 0.958 bits per heavy atom. The summed E-state index contributed by atoms with van der Waals surface area (Å²) in [7, 11) is 3.06. The SMILES string of the molecule is CC(=O)c1cc(F)ccc1Cl.COc1cccc(OC)c1C(C)=O. The molecule has 0 N–H and O–H groups in total. The zero-order valence-corrected chi connectivity index (χ0v) is 14.6. The Balaban J connectivity index is 0.000000243. The lowest BCUT2D eigenvalue weighted by Crippen LogP contribution is -2.00. The van der Waals surface area contributed by atoms with E-state index in [-0.39, 0.29) is 17.1 Å². The van der Waals surface area contributed by atoms with E-state index in [1.807, 2.05) is 0 Å². The summed E-state index contributed by atoms with van der Waals surface area (Å²) in [5.74, 6) is 0.363. The van der Waals surface area contributed by atoms with E-state index in [1.165, 1.54) is 40.2 Å². The highest BCUT2D eigenvalue weighted by molar-refractivity contribution is 6.33. The molecular formula is C18H18ClFO4. The highest BCUT2D eigenvalue weighted by Crippen LogP contribution is 2.28. The molecule has 0 radical (unpaired) electrons. The molecule has 0 spiro atoms. The summed E-state index contributed by atoms with van der Waals surface area (Å²) >= 11 is 5.60. The molecule has 0 amide bonds. The molecule has 0 atom stereocenters. The van der Waals surface area contributed by atoms with Crippen LogP contribution in [0.3, 0.4) is 0 Å². The Labute approximate surface area is 145 Å². The second-order valence-electron chi connectivity index (χ2n) is 4.77. The smallest absolute Gasteiger partial charge is 0.167 e. The van der Waals surface area contributed by atoms with Crippen molar-refractivity contribution in [2.75, 3.05) is 14.2 Å². The monoisotopic (exact) mass is 352 g/mol. The van der Waals surface area contributed by atoms with Gasteiger partial charge >= 0.3 is 0 Å². The second-order valence-corrected chi connectivity index (χ2v) is 5.18. The third-order valence-corrected chi connectivity index (χ3v) is 3.42. The number of carbonyl (C=O) groups excluding carboxylic acids is 2. The number of ketones is 2. The van der Waals surface area contributed by atoms with Crippen LogP contribution in [-0.4, -0.2) is 25.8 Å². The molecular weight excluding hydrogens is 335 g/mol. The maximum Gasteiger partial charge on any atom is 0.167 e. The number of halogens is 2. The predicted octanol–water partition coefficient (Wildman–Crippen LogP) is 4.59. The summed E-state index contributed by atoms with van der Waals surface area (Å²) in [6, 6.07) is 8.97. The van der Waals surface area contributed by atoms with Crippen LogP contribution >= 0.6 is 11.6 Å². The van der Waals surface area contributed by atoms with E-state index in [9.17, 15) is 14.0 Å². The quantitative estimate of drug-likeness (QED) is 0.755. The van der Waals surface area contributed by atoms with Gasteiger partial charge in [0.1, 0.15) is 22.9 Å². The highest BCUT2D eigenvalue weighted by Gasteiger charge is 2.13. The molecule has 24 heavy (non-hydrogen) atoms. The third-order valence-electron chi connectivity index (χ3n) is 3.09. The lowest BCUT2D eigenvalue weighted by atomic mass is 10.1. The fraction of sp³-hybridized carbons (Fsp3) is 0.222. The molecule has 2 aromatic rings. The van der Waals surface area contributed by atoms with Crippen molar-refractivity contribution in [1.82, 2.24) is 0 Å². The van der Waals surface area contributed by atoms with Crippen LogP contribution in [0.1, 0.15) is 34.6 Å². The predicted molar refractivity (Wildman–Crippen MR) is 91.0 cm³/mol. The normalized spacial score (nSPS) is 9.58. The number of benzene rings is 2. The molecule has 4 nitrogen and oxygen atoms in total. The van der Waals surface area contributed by atoms with Gasteiger partial charge in [0.25, 0.3) is 0 Å². The summed E-state index contributed by atoms with van der Waals surface area (Å²) in [6.07, 6.45) is 0. The molecule has 0 fully saturated rings. The van der Waals surface area contributed by atoms with Crippen LogP contribution in [0.5, 0.6) is 11.5 Å². The molecule has 0 heterocycles. The number of carbonyl (C=O) groups is 2. The molecule has 0 saturated heterocycles. The number of hydrogen-bond acceptors (Lipinski definition) is 4. The van der Waals surface area contributed by atoms with Crippen LogP contribution in [0.15, 0.2) is 36.4 Å². The fourth-order valence-corrected chi connectivity index (χ4v) is 2.22. The standard InChI is InChI=1S/C10H12O3.C8H6ClFO/c1-7(11)10-8(12-2)5-4-6-9(10)13-3;1-5(11)7-4-6(10)2-3-8(7)9/h4-6H,1-3H3;2-4H,1H3. The second kappa shape index (κ2) is 9.03. The highest BCUT2D eigenvalue weighted by atomic mass is 35.5. The topological polar surface area (TPSA) is 52.6 Å². The van der Waals surface area contributed by atoms with Gasteiger partial charge in [-0.1, -0.05) is 17.7 Å². The molecule has 0 bridgehead atoms. The lowest BCUT2D eigenvalue weighted by molar-refractivity contribution is 0.100. The van der Waals surface area contributed by atoms with Gasteiger partial charge in [-0.3, -0.25) is 9.59 Å². The van der Waals surface area contributed by atoms with E-state index in [0.29, 0.717) is 22.1 Å². The number of ether oxygens (including phenoxy) is 2. The molecule has 0 aliphatic heterocycles. The largest absolute Gasteiger partial charge is 0.496 e. The molecule has 0 aliphatic carbocycles. The van der Waals surface area contributed by atoms with Crippen molar-refractivity contribution in [3.8, 4) is 11.5 Å². The maximum atomic E-state index is 12.5. The van der Waals surface area contributed by atoms with Crippen molar-refractivity contribution >= 4 is 23.2 Å². The number of rotatable bonds is 4. The van der Waals surface area contributed by atoms with Crippen molar-refractivity contribution in [3.05, 3.63) is 58.4 Å². The summed E-state index contributed by atoms with van der Waals surface area (Å²) in [6.45, 7) is 2.83. The van der Waals surface area contributed by atoms with Crippen LogP contribution in [-0.2, 0) is 0 Å². The van der Waals surface area contributed by atoms with E-state index in [1.54, 1.807) is 18.2 Å². The molecule has 0 aromatic heterocycles. The van der Waals surface area contributed by atoms with E-state index < -0.39 is 5.82 Å². The summed E-state index contributed by atoms with van der Waals surface area (Å²) in [5, 5.41) is 0.291. The number of methoxy groups -OCH3 is 2. The first kappa shape index (κ1) is 19.6. The first-order valence-corrected chi connectivity index (χ1v) is 7.37. The number of Topliss-reactive ketones (excluding diaryl/α,β-unsaturated/α-hetero) is 2. The van der Waals surface area contributed by atoms with Crippen LogP contribution < -0.4 is 9.47 Å². The van der Waals surface area contributed by atoms with Crippen LogP contribution in [0.4, 0.5) is 4.39 Å². The molecule has 6 heteroatoms. The van der Waals surface area contributed by atoms with E-state index in [2.05, 4.69) is 0 Å². The van der Waals surface area contributed by atoms with Gasteiger partial charge in [-0.25, -0.2) is 4.39 Å². The molecule has 128 valence electrons. The fourth-order valence-electron chi connectivity index (χ4n) is 1.97. The minimum absolute atomic E-state index is 0.0608.